The molecule has 1 unspecified atom stereocenters. The van der Waals surface area contributed by atoms with Crippen LogP contribution in [0.5, 0.6) is 0 Å². The minimum atomic E-state index is -4.56. The maximum absolute atomic E-state index is 13.2. The summed E-state index contributed by atoms with van der Waals surface area (Å²) >= 11 is 8.32. The quantitative estimate of drug-likeness (QED) is 0.577. The van der Waals surface area contributed by atoms with Crippen LogP contribution in [0.15, 0.2) is 40.9 Å². The highest BCUT2D eigenvalue weighted by Crippen LogP contribution is 2.35. The van der Waals surface area contributed by atoms with Crippen molar-refractivity contribution in [2.24, 2.45) is 5.73 Å². The first kappa shape index (κ1) is 20.2. The molecular weight excluding hydrogens is 455 g/mol. The number of rotatable bonds is 4. The zero-order chi connectivity index (χ0) is 20.7. The lowest BCUT2D eigenvalue weighted by atomic mass is 9.80. The smallest absolute Gasteiger partial charge is 0.389 e. The first-order valence-corrected chi connectivity index (χ1v) is 9.17. The number of benzene rings is 2. The Bertz CT molecular complexity index is 1120. The van der Waals surface area contributed by atoms with Gasteiger partial charge in [0.2, 0.25) is 0 Å². The lowest BCUT2D eigenvalue weighted by Gasteiger charge is -2.25. The molecule has 0 aliphatic heterocycles. The topological polar surface area (TPSA) is 80.5 Å². The Labute approximate surface area is 172 Å². The second-order valence-corrected chi connectivity index (χ2v) is 7.79. The zero-order valence-electron chi connectivity index (χ0n) is 14.5. The molecule has 0 bridgehead atoms. The van der Waals surface area contributed by atoms with Gasteiger partial charge in [-0.3, -0.25) is 0 Å². The van der Waals surface area contributed by atoms with Gasteiger partial charge in [-0.15, -0.1) is 0 Å². The molecule has 2 N–H and O–H groups in total. The summed E-state index contributed by atoms with van der Waals surface area (Å²) in [6, 6.07) is 10.4. The van der Waals surface area contributed by atoms with E-state index in [1.54, 1.807) is 18.2 Å². The summed E-state index contributed by atoms with van der Waals surface area (Å²) in [6.45, 7) is 1.43. The van der Waals surface area contributed by atoms with Crippen LogP contribution in [0.4, 0.5) is 13.2 Å². The van der Waals surface area contributed by atoms with Gasteiger partial charge >= 0.3 is 6.18 Å². The number of nitriles is 1. The Hall–Kier alpha value is -2.51. The van der Waals surface area contributed by atoms with E-state index in [1.807, 2.05) is 0 Å². The molecule has 0 aliphatic rings. The largest absolute Gasteiger partial charge is 0.416 e. The fourth-order valence-corrected chi connectivity index (χ4v) is 3.39. The number of aromatic nitrogens is 3. The van der Waals surface area contributed by atoms with Crippen molar-refractivity contribution in [3.63, 3.8) is 0 Å². The van der Waals surface area contributed by atoms with Crippen LogP contribution in [0.1, 0.15) is 23.6 Å². The van der Waals surface area contributed by atoms with E-state index in [2.05, 4.69) is 32.2 Å². The van der Waals surface area contributed by atoms with E-state index in [4.69, 9.17) is 18.0 Å². The second-order valence-electron chi connectivity index (χ2n) is 6.43. The number of fused-ring (bicyclic) bond motifs is 1. The fourth-order valence-electron chi connectivity index (χ4n) is 2.86. The van der Waals surface area contributed by atoms with Gasteiger partial charge in [-0.25, -0.2) is 0 Å². The average Bonchev–Trinajstić information content (AvgIpc) is 3.01. The van der Waals surface area contributed by atoms with Crippen LogP contribution in [0.3, 0.4) is 0 Å². The van der Waals surface area contributed by atoms with E-state index >= 15 is 0 Å². The maximum Gasteiger partial charge on any atom is 0.416 e. The molecule has 28 heavy (non-hydrogen) atoms. The van der Waals surface area contributed by atoms with Gasteiger partial charge in [0.15, 0.2) is 0 Å². The van der Waals surface area contributed by atoms with Gasteiger partial charge in [0, 0.05) is 10.0 Å². The van der Waals surface area contributed by atoms with Crippen molar-refractivity contribution in [3.8, 4) is 6.07 Å². The summed E-state index contributed by atoms with van der Waals surface area (Å²) < 4.78 is 40.5. The minimum Gasteiger partial charge on any atom is -0.389 e. The molecule has 0 amide bonds. The Morgan fingerprint density at radius 2 is 1.89 bits per heavy atom. The highest BCUT2D eigenvalue weighted by Gasteiger charge is 2.36. The normalized spacial score (nSPS) is 13.9. The summed E-state index contributed by atoms with van der Waals surface area (Å²) in [6.07, 6.45) is -4.56. The number of nitrogens with zero attached hydrogens (tertiary/aromatic N) is 4. The molecule has 3 aromatic rings. The molecule has 0 spiro atoms. The number of alkyl halides is 3. The van der Waals surface area contributed by atoms with E-state index in [0.717, 1.165) is 16.6 Å². The number of nitrogens with two attached hydrogens (primary N) is 1. The van der Waals surface area contributed by atoms with E-state index in [9.17, 15) is 18.4 Å². The maximum atomic E-state index is 13.2. The average molecular weight is 468 g/mol. The summed E-state index contributed by atoms with van der Waals surface area (Å²) in [4.78, 5) is 1.21. The molecular formula is C18H13BrF3N5S. The van der Waals surface area contributed by atoms with Crippen molar-refractivity contribution in [2.75, 3.05) is 0 Å². The third-order valence-electron chi connectivity index (χ3n) is 4.30. The third-order valence-corrected chi connectivity index (χ3v) is 5.01. The van der Waals surface area contributed by atoms with Gasteiger partial charge in [-0.2, -0.15) is 33.4 Å². The van der Waals surface area contributed by atoms with Gasteiger partial charge in [0.05, 0.1) is 18.2 Å². The van der Waals surface area contributed by atoms with Crippen LogP contribution in [0, 0.1) is 11.3 Å². The van der Waals surface area contributed by atoms with Crippen LogP contribution < -0.4 is 5.73 Å². The van der Waals surface area contributed by atoms with Crippen LogP contribution in [-0.4, -0.2) is 20.0 Å². The number of halogens is 4. The standard InChI is InChI=1S/C18H13BrF3N5S/c1-17(8-23,9-27-25-14-5-3-11(19)7-15(14)26-27)13-6-10(18(20,21)22)2-4-12(13)16(24)28/h2-7H,9H2,1H3,(H2,24,28). The Kier molecular flexibility index (Phi) is 5.16. The van der Waals surface area contributed by atoms with Crippen molar-refractivity contribution in [1.82, 2.24) is 15.0 Å². The lowest BCUT2D eigenvalue weighted by molar-refractivity contribution is -0.137. The van der Waals surface area contributed by atoms with Crippen molar-refractivity contribution < 1.29 is 13.2 Å². The number of hydrogen-bond acceptors (Lipinski definition) is 4. The van der Waals surface area contributed by atoms with E-state index in [0.29, 0.717) is 11.0 Å². The Balaban J connectivity index is 2.11. The molecule has 2 aromatic carbocycles. The third kappa shape index (κ3) is 3.86. The second kappa shape index (κ2) is 7.14. The highest BCUT2D eigenvalue weighted by atomic mass is 79.9. The van der Waals surface area contributed by atoms with Gasteiger partial charge in [0.25, 0.3) is 0 Å². The lowest BCUT2D eigenvalue weighted by Crippen LogP contribution is -2.31. The molecule has 0 fully saturated rings. The SMILES string of the molecule is CC(C#N)(Cn1nc2ccc(Br)cc2n1)c1cc(C(F)(F)F)ccc1C(N)=S. The van der Waals surface area contributed by atoms with Gasteiger partial charge in [-0.05, 0) is 42.8 Å². The number of hydrogen-bond donors (Lipinski definition) is 1. The van der Waals surface area contributed by atoms with Gasteiger partial charge in [0.1, 0.15) is 21.4 Å². The summed E-state index contributed by atoms with van der Waals surface area (Å²) in [7, 11) is 0. The Morgan fingerprint density at radius 3 is 2.50 bits per heavy atom. The molecule has 0 saturated heterocycles. The molecule has 144 valence electrons. The van der Waals surface area contributed by atoms with Crippen LogP contribution >= 0.6 is 28.1 Å². The molecule has 0 saturated carbocycles. The molecule has 1 atom stereocenters. The molecule has 0 radical (unpaired) electrons. The summed E-state index contributed by atoms with van der Waals surface area (Å²) in [5.41, 5.74) is 4.90. The van der Waals surface area contributed by atoms with Gasteiger partial charge in [-0.1, -0.05) is 34.2 Å². The van der Waals surface area contributed by atoms with Crippen molar-refractivity contribution in [1.29, 1.82) is 5.26 Å². The van der Waals surface area contributed by atoms with Crippen molar-refractivity contribution >= 4 is 44.2 Å². The Morgan fingerprint density at radius 1 is 1.21 bits per heavy atom. The molecule has 3 rings (SSSR count). The molecule has 5 nitrogen and oxygen atoms in total. The fraction of sp³-hybridized carbons (Fsp3) is 0.222. The summed E-state index contributed by atoms with van der Waals surface area (Å²) in [5.74, 6) is 0. The van der Waals surface area contributed by atoms with Crippen LogP contribution in [0.25, 0.3) is 11.0 Å². The highest BCUT2D eigenvalue weighted by molar-refractivity contribution is 9.10. The zero-order valence-corrected chi connectivity index (χ0v) is 16.9. The molecule has 1 heterocycles. The predicted molar refractivity (Wildman–Crippen MR) is 106 cm³/mol. The van der Waals surface area contributed by atoms with Crippen LogP contribution in [0.2, 0.25) is 0 Å². The van der Waals surface area contributed by atoms with Crippen molar-refractivity contribution in [3.05, 3.63) is 57.6 Å². The van der Waals surface area contributed by atoms with E-state index < -0.39 is 17.2 Å². The van der Waals surface area contributed by atoms with Crippen molar-refractivity contribution in [2.45, 2.75) is 25.1 Å². The first-order valence-electron chi connectivity index (χ1n) is 7.97. The minimum absolute atomic E-state index is 0.0767. The number of thiocarbonyl (C=S) groups is 1. The predicted octanol–water partition coefficient (Wildman–Crippen LogP) is 4.33. The van der Waals surface area contributed by atoms with E-state index in [1.165, 1.54) is 17.8 Å². The summed E-state index contributed by atoms with van der Waals surface area (Å²) in [5, 5.41) is 18.4. The monoisotopic (exact) mass is 467 g/mol. The first-order chi connectivity index (χ1) is 13.0. The van der Waals surface area contributed by atoms with Gasteiger partial charge < -0.3 is 5.73 Å². The molecule has 10 heteroatoms. The molecule has 0 aliphatic carbocycles. The molecule has 1 aromatic heterocycles. The van der Waals surface area contributed by atoms with E-state index in [-0.39, 0.29) is 22.7 Å². The van der Waals surface area contributed by atoms with Crippen LogP contribution in [-0.2, 0) is 18.1 Å².